The number of rotatable bonds is 5. The molecule has 1 heterocycles. The van der Waals surface area contributed by atoms with Crippen molar-refractivity contribution in [3.8, 4) is 11.5 Å². The number of benzene rings is 2. The topological polar surface area (TPSA) is 119 Å². The Hall–Kier alpha value is -2.91. The van der Waals surface area contributed by atoms with Crippen LogP contribution in [0.5, 0.6) is 11.5 Å². The number of aromatic hydroxyl groups is 2. The van der Waals surface area contributed by atoms with Crippen molar-refractivity contribution < 1.29 is 23.4 Å². The summed E-state index contributed by atoms with van der Waals surface area (Å²) in [4.78, 5) is 12.4. The van der Waals surface area contributed by atoms with Crippen LogP contribution in [0.2, 0.25) is 0 Å². The first-order valence-corrected chi connectivity index (χ1v) is 10.3. The lowest BCUT2D eigenvalue weighted by atomic mass is 10.2. The zero-order valence-electron chi connectivity index (χ0n) is 15.1. The number of phenolic OH excluding ortho intramolecular Hbond substituents is 2. The van der Waals surface area contributed by atoms with E-state index in [1.807, 2.05) is 0 Å². The molecule has 3 N–H and O–H groups in total. The smallest absolute Gasteiger partial charge is 0.271 e. The number of phenols is 2. The molecule has 0 saturated carbocycles. The number of amides is 1. The second-order valence-corrected chi connectivity index (χ2v) is 8.37. The molecule has 28 heavy (non-hydrogen) atoms. The molecule has 1 fully saturated rings. The number of nitrogens with zero attached hydrogens (tertiary/aromatic N) is 2. The number of hydrogen-bond acceptors (Lipinski definition) is 6. The number of hydrazone groups is 1. The van der Waals surface area contributed by atoms with E-state index in [9.17, 15) is 23.4 Å². The van der Waals surface area contributed by atoms with E-state index < -0.39 is 15.9 Å². The normalized spacial score (nSPS) is 15.6. The van der Waals surface area contributed by atoms with E-state index in [2.05, 4.69) is 10.5 Å². The molecule has 2 aromatic carbocycles. The lowest BCUT2D eigenvalue weighted by Gasteiger charge is -2.25. The monoisotopic (exact) mass is 403 g/mol. The van der Waals surface area contributed by atoms with Crippen LogP contribution < -0.4 is 5.43 Å². The van der Waals surface area contributed by atoms with E-state index in [0.717, 1.165) is 25.3 Å². The summed E-state index contributed by atoms with van der Waals surface area (Å²) in [6.45, 7) is 0.971. The number of sulfonamides is 1. The molecule has 1 aliphatic heterocycles. The maximum absolute atomic E-state index is 12.7. The second-order valence-electron chi connectivity index (χ2n) is 6.43. The summed E-state index contributed by atoms with van der Waals surface area (Å²) in [7, 11) is -3.63. The zero-order valence-corrected chi connectivity index (χ0v) is 15.9. The Kier molecular flexibility index (Phi) is 5.96. The fraction of sp³-hybridized carbons (Fsp3) is 0.263. The first kappa shape index (κ1) is 19.8. The van der Waals surface area contributed by atoms with Crippen LogP contribution in [0.1, 0.15) is 35.2 Å². The van der Waals surface area contributed by atoms with Gasteiger partial charge in [0.05, 0.1) is 11.1 Å². The second kappa shape index (κ2) is 8.41. The minimum absolute atomic E-state index is 0.0715. The van der Waals surface area contributed by atoms with Gasteiger partial charge in [0, 0.05) is 30.3 Å². The Morgan fingerprint density at radius 1 is 1.07 bits per heavy atom. The largest absolute Gasteiger partial charge is 0.508 e. The van der Waals surface area contributed by atoms with Gasteiger partial charge in [-0.1, -0.05) is 12.5 Å². The fourth-order valence-corrected chi connectivity index (χ4v) is 4.48. The average Bonchev–Trinajstić information content (AvgIpc) is 2.70. The summed E-state index contributed by atoms with van der Waals surface area (Å²) in [5, 5.41) is 22.7. The van der Waals surface area contributed by atoms with Crippen molar-refractivity contribution >= 4 is 22.1 Å². The van der Waals surface area contributed by atoms with Crippen molar-refractivity contribution in [2.75, 3.05) is 13.1 Å². The van der Waals surface area contributed by atoms with Gasteiger partial charge in [-0.15, -0.1) is 0 Å². The van der Waals surface area contributed by atoms with Crippen LogP contribution in [0, 0.1) is 0 Å². The van der Waals surface area contributed by atoms with E-state index in [1.165, 1.54) is 46.9 Å². The molecular weight excluding hydrogens is 382 g/mol. The van der Waals surface area contributed by atoms with Gasteiger partial charge < -0.3 is 10.2 Å². The van der Waals surface area contributed by atoms with Crippen LogP contribution in [0.3, 0.4) is 0 Å². The van der Waals surface area contributed by atoms with Crippen molar-refractivity contribution in [3.63, 3.8) is 0 Å². The number of hydrogen-bond donors (Lipinski definition) is 3. The Bertz CT molecular complexity index is 998. The van der Waals surface area contributed by atoms with Crippen LogP contribution in [-0.2, 0) is 10.0 Å². The van der Waals surface area contributed by atoms with Gasteiger partial charge >= 0.3 is 0 Å². The molecule has 148 valence electrons. The third-order valence-corrected chi connectivity index (χ3v) is 6.33. The molecule has 0 atom stereocenters. The molecule has 0 radical (unpaired) electrons. The molecule has 1 saturated heterocycles. The first-order valence-electron chi connectivity index (χ1n) is 8.83. The molecule has 8 nitrogen and oxygen atoms in total. The number of carbonyl (C=O) groups excluding carboxylic acids is 1. The highest BCUT2D eigenvalue weighted by atomic mass is 32.2. The fourth-order valence-electron chi connectivity index (χ4n) is 2.92. The third kappa shape index (κ3) is 4.49. The Balaban J connectivity index is 1.72. The highest BCUT2D eigenvalue weighted by Crippen LogP contribution is 2.22. The van der Waals surface area contributed by atoms with Gasteiger partial charge in [-0.3, -0.25) is 4.79 Å². The van der Waals surface area contributed by atoms with Gasteiger partial charge in [0.1, 0.15) is 11.5 Å². The van der Waals surface area contributed by atoms with Gasteiger partial charge in [0.2, 0.25) is 10.0 Å². The van der Waals surface area contributed by atoms with Crippen molar-refractivity contribution in [1.82, 2.24) is 9.73 Å². The van der Waals surface area contributed by atoms with Crippen molar-refractivity contribution in [1.29, 1.82) is 0 Å². The van der Waals surface area contributed by atoms with Crippen molar-refractivity contribution in [3.05, 3.63) is 53.6 Å². The molecule has 1 aliphatic rings. The number of nitrogens with one attached hydrogen (secondary N) is 1. The summed E-state index contributed by atoms with van der Waals surface area (Å²) in [5.74, 6) is -0.858. The summed E-state index contributed by atoms with van der Waals surface area (Å²) in [6, 6.07) is 9.77. The minimum Gasteiger partial charge on any atom is -0.508 e. The summed E-state index contributed by atoms with van der Waals surface area (Å²) in [5.41, 5.74) is 2.76. The first-order chi connectivity index (χ1) is 13.4. The summed E-state index contributed by atoms with van der Waals surface area (Å²) >= 11 is 0. The molecule has 0 aliphatic carbocycles. The van der Waals surface area contributed by atoms with Gasteiger partial charge in [-0.05, 0) is 43.2 Å². The molecule has 0 spiro atoms. The Morgan fingerprint density at radius 3 is 2.54 bits per heavy atom. The minimum atomic E-state index is -3.63. The lowest BCUT2D eigenvalue weighted by Crippen LogP contribution is -2.35. The average molecular weight is 403 g/mol. The summed E-state index contributed by atoms with van der Waals surface area (Å²) < 4.78 is 26.9. The van der Waals surface area contributed by atoms with Crippen LogP contribution in [0.15, 0.2) is 52.5 Å². The molecule has 0 aromatic heterocycles. The van der Waals surface area contributed by atoms with Crippen molar-refractivity contribution in [2.45, 2.75) is 24.2 Å². The maximum atomic E-state index is 12.7. The predicted octanol–water partition coefficient (Wildman–Crippen LogP) is 2.04. The van der Waals surface area contributed by atoms with E-state index in [4.69, 9.17) is 0 Å². The highest BCUT2D eigenvalue weighted by molar-refractivity contribution is 7.89. The molecule has 3 rings (SSSR count). The molecule has 1 amide bonds. The van der Waals surface area contributed by atoms with Gasteiger partial charge in [0.15, 0.2) is 0 Å². The number of piperidine rings is 1. The molecule has 0 unspecified atom stereocenters. The van der Waals surface area contributed by atoms with E-state index >= 15 is 0 Å². The molecule has 0 bridgehead atoms. The van der Waals surface area contributed by atoms with E-state index in [1.54, 1.807) is 0 Å². The van der Waals surface area contributed by atoms with Crippen LogP contribution >= 0.6 is 0 Å². The highest BCUT2D eigenvalue weighted by Gasteiger charge is 2.26. The zero-order chi connectivity index (χ0) is 20.1. The lowest BCUT2D eigenvalue weighted by molar-refractivity contribution is 0.0955. The van der Waals surface area contributed by atoms with E-state index in [-0.39, 0.29) is 22.0 Å². The quantitative estimate of drug-likeness (QED) is 0.521. The molecule has 9 heteroatoms. The van der Waals surface area contributed by atoms with E-state index in [0.29, 0.717) is 18.7 Å². The van der Waals surface area contributed by atoms with Gasteiger partial charge in [-0.25, -0.2) is 13.8 Å². The third-order valence-electron chi connectivity index (χ3n) is 4.43. The number of carbonyl (C=O) groups is 1. The maximum Gasteiger partial charge on any atom is 0.271 e. The molecule has 2 aromatic rings. The standard InChI is InChI=1S/C19H21N3O5S/c23-16-8-7-15(18(24)12-16)13-20-21-19(25)14-5-4-6-17(11-14)28(26,27)22-9-2-1-3-10-22/h4-8,11-13,23-24H,1-3,9-10H2,(H,21,25). The van der Waals surface area contributed by atoms with Crippen LogP contribution in [-0.4, -0.2) is 48.1 Å². The van der Waals surface area contributed by atoms with Gasteiger partial charge in [-0.2, -0.15) is 9.41 Å². The van der Waals surface area contributed by atoms with Crippen LogP contribution in [0.25, 0.3) is 0 Å². The Labute approximate surface area is 163 Å². The van der Waals surface area contributed by atoms with Crippen molar-refractivity contribution in [2.24, 2.45) is 5.10 Å². The SMILES string of the molecule is O=C(NN=Cc1ccc(O)cc1O)c1cccc(S(=O)(=O)N2CCCCC2)c1. The molecular formula is C19H21N3O5S. The van der Waals surface area contributed by atoms with Crippen LogP contribution in [0.4, 0.5) is 0 Å². The van der Waals surface area contributed by atoms with Gasteiger partial charge in [0.25, 0.3) is 5.91 Å². The predicted molar refractivity (Wildman–Crippen MR) is 104 cm³/mol. The summed E-state index contributed by atoms with van der Waals surface area (Å²) in [6.07, 6.45) is 3.90. The Morgan fingerprint density at radius 2 is 1.82 bits per heavy atom.